The highest BCUT2D eigenvalue weighted by atomic mass is 32.2. The SMILES string of the molecule is CCOC(=O)C(C)Sc1nnc(-c2cccs2)n1CC. The Hall–Kier alpha value is -1.34. The van der Waals surface area contributed by atoms with Crippen molar-refractivity contribution < 1.29 is 9.53 Å². The van der Waals surface area contributed by atoms with Crippen LogP contribution in [0.15, 0.2) is 22.7 Å². The van der Waals surface area contributed by atoms with Crippen LogP contribution in [0.1, 0.15) is 20.8 Å². The van der Waals surface area contributed by atoms with Crippen molar-refractivity contribution in [2.24, 2.45) is 0 Å². The molecule has 0 N–H and O–H groups in total. The lowest BCUT2D eigenvalue weighted by Crippen LogP contribution is -2.17. The summed E-state index contributed by atoms with van der Waals surface area (Å²) in [5.74, 6) is 0.627. The van der Waals surface area contributed by atoms with Gasteiger partial charge in [0.15, 0.2) is 11.0 Å². The quantitative estimate of drug-likeness (QED) is 0.606. The van der Waals surface area contributed by atoms with Crippen LogP contribution in [0.4, 0.5) is 0 Å². The Labute approximate surface area is 126 Å². The summed E-state index contributed by atoms with van der Waals surface area (Å²) in [6.07, 6.45) is 0. The van der Waals surface area contributed by atoms with Crippen LogP contribution in [-0.4, -0.2) is 32.6 Å². The lowest BCUT2D eigenvalue weighted by Gasteiger charge is -2.10. The number of rotatable bonds is 6. The van der Waals surface area contributed by atoms with Gasteiger partial charge in [-0.05, 0) is 32.2 Å². The predicted octanol–water partition coefficient (Wildman–Crippen LogP) is 3.07. The van der Waals surface area contributed by atoms with Crippen molar-refractivity contribution in [3.8, 4) is 10.7 Å². The number of ether oxygens (including phenoxy) is 1. The fourth-order valence-electron chi connectivity index (χ4n) is 1.71. The Morgan fingerprint density at radius 3 is 2.90 bits per heavy atom. The number of esters is 1. The maximum absolute atomic E-state index is 11.7. The molecule has 0 bridgehead atoms. The smallest absolute Gasteiger partial charge is 0.319 e. The molecule has 0 fully saturated rings. The van der Waals surface area contributed by atoms with Crippen LogP contribution < -0.4 is 0 Å². The third-order valence-electron chi connectivity index (χ3n) is 2.68. The summed E-state index contributed by atoms with van der Waals surface area (Å²) in [4.78, 5) is 12.8. The fourth-order valence-corrected chi connectivity index (χ4v) is 3.34. The van der Waals surface area contributed by atoms with Crippen LogP contribution >= 0.6 is 23.1 Å². The molecule has 20 heavy (non-hydrogen) atoms. The summed E-state index contributed by atoms with van der Waals surface area (Å²) in [6, 6.07) is 4.01. The third kappa shape index (κ3) is 3.21. The van der Waals surface area contributed by atoms with Gasteiger partial charge in [0.25, 0.3) is 0 Å². The first-order valence-electron chi connectivity index (χ1n) is 6.47. The van der Waals surface area contributed by atoms with Crippen molar-refractivity contribution in [3.63, 3.8) is 0 Å². The Morgan fingerprint density at radius 2 is 2.30 bits per heavy atom. The Bertz CT molecular complexity index is 566. The summed E-state index contributed by atoms with van der Waals surface area (Å²) in [6.45, 7) is 6.82. The van der Waals surface area contributed by atoms with E-state index in [4.69, 9.17) is 4.74 Å². The molecule has 1 atom stereocenters. The van der Waals surface area contributed by atoms with E-state index < -0.39 is 0 Å². The minimum atomic E-state index is -0.291. The highest BCUT2D eigenvalue weighted by molar-refractivity contribution is 8.00. The average molecular weight is 311 g/mol. The molecule has 0 amide bonds. The van der Waals surface area contributed by atoms with Gasteiger partial charge in [-0.1, -0.05) is 17.8 Å². The van der Waals surface area contributed by atoms with Crippen molar-refractivity contribution in [2.45, 2.75) is 37.7 Å². The molecule has 2 heterocycles. The summed E-state index contributed by atoms with van der Waals surface area (Å²) >= 11 is 3.01. The first-order valence-corrected chi connectivity index (χ1v) is 8.23. The third-order valence-corrected chi connectivity index (χ3v) is 4.60. The first kappa shape index (κ1) is 15.1. The second kappa shape index (κ2) is 6.90. The van der Waals surface area contributed by atoms with Gasteiger partial charge in [-0.25, -0.2) is 0 Å². The van der Waals surface area contributed by atoms with Gasteiger partial charge in [-0.2, -0.15) is 0 Å². The first-order chi connectivity index (χ1) is 9.67. The molecule has 2 aromatic heterocycles. The second-order valence-electron chi connectivity index (χ2n) is 4.04. The minimum absolute atomic E-state index is 0.221. The monoisotopic (exact) mass is 311 g/mol. The average Bonchev–Trinajstić information content (AvgIpc) is 3.07. The zero-order valence-electron chi connectivity index (χ0n) is 11.7. The highest BCUT2D eigenvalue weighted by Crippen LogP contribution is 2.29. The van der Waals surface area contributed by atoms with Crippen LogP contribution in [-0.2, 0) is 16.1 Å². The summed E-state index contributed by atoms with van der Waals surface area (Å²) in [5, 5.41) is 10.9. The topological polar surface area (TPSA) is 57.0 Å². The van der Waals surface area contributed by atoms with Gasteiger partial charge in [-0.3, -0.25) is 4.79 Å². The lowest BCUT2D eigenvalue weighted by molar-refractivity contribution is -0.142. The molecule has 1 unspecified atom stereocenters. The van der Waals surface area contributed by atoms with Gasteiger partial charge < -0.3 is 9.30 Å². The maximum atomic E-state index is 11.7. The molecule has 0 aromatic carbocycles. The molecule has 2 rings (SSSR count). The van der Waals surface area contributed by atoms with E-state index in [1.54, 1.807) is 18.3 Å². The number of thiophene rings is 1. The molecule has 0 saturated heterocycles. The van der Waals surface area contributed by atoms with E-state index in [1.165, 1.54) is 11.8 Å². The Morgan fingerprint density at radius 1 is 1.50 bits per heavy atom. The van der Waals surface area contributed by atoms with Crippen molar-refractivity contribution >= 4 is 29.1 Å². The summed E-state index contributed by atoms with van der Waals surface area (Å²) in [5.41, 5.74) is 0. The summed E-state index contributed by atoms with van der Waals surface area (Å²) < 4.78 is 7.03. The molecule has 7 heteroatoms. The molecular weight excluding hydrogens is 294 g/mol. The fraction of sp³-hybridized carbons (Fsp3) is 0.462. The van der Waals surface area contributed by atoms with E-state index in [-0.39, 0.29) is 11.2 Å². The van der Waals surface area contributed by atoms with Crippen LogP contribution in [0.5, 0.6) is 0 Å². The molecule has 0 aliphatic rings. The van der Waals surface area contributed by atoms with E-state index in [0.29, 0.717) is 6.61 Å². The van der Waals surface area contributed by atoms with E-state index in [1.807, 2.05) is 35.9 Å². The molecule has 0 saturated carbocycles. The number of thioether (sulfide) groups is 1. The molecule has 2 aromatic rings. The molecule has 0 aliphatic heterocycles. The minimum Gasteiger partial charge on any atom is -0.465 e. The molecule has 0 radical (unpaired) electrons. The van der Waals surface area contributed by atoms with Gasteiger partial charge in [0.05, 0.1) is 11.5 Å². The number of hydrogen-bond donors (Lipinski definition) is 0. The Kier molecular flexibility index (Phi) is 5.19. The standard InChI is InChI=1S/C13H17N3O2S2/c1-4-16-11(10-7-6-8-19-10)14-15-13(16)20-9(3)12(17)18-5-2/h6-9H,4-5H2,1-3H3. The van der Waals surface area contributed by atoms with Gasteiger partial charge in [0.1, 0.15) is 5.25 Å². The van der Waals surface area contributed by atoms with Crippen molar-refractivity contribution in [1.82, 2.24) is 14.8 Å². The van der Waals surface area contributed by atoms with Crippen LogP contribution in [0, 0.1) is 0 Å². The predicted molar refractivity (Wildman–Crippen MR) is 81.0 cm³/mol. The number of carbonyl (C=O) groups excluding carboxylic acids is 1. The number of carbonyl (C=O) groups is 1. The normalized spacial score (nSPS) is 12.3. The molecule has 5 nitrogen and oxygen atoms in total. The molecule has 108 valence electrons. The zero-order chi connectivity index (χ0) is 14.5. The van der Waals surface area contributed by atoms with Crippen LogP contribution in [0.25, 0.3) is 10.7 Å². The second-order valence-corrected chi connectivity index (χ2v) is 6.30. The van der Waals surface area contributed by atoms with E-state index in [2.05, 4.69) is 10.2 Å². The van der Waals surface area contributed by atoms with Gasteiger partial charge >= 0.3 is 5.97 Å². The van der Waals surface area contributed by atoms with Gasteiger partial charge in [-0.15, -0.1) is 21.5 Å². The van der Waals surface area contributed by atoms with Gasteiger partial charge in [0.2, 0.25) is 0 Å². The van der Waals surface area contributed by atoms with Crippen molar-refractivity contribution in [3.05, 3.63) is 17.5 Å². The molecule has 0 aliphatic carbocycles. The zero-order valence-corrected chi connectivity index (χ0v) is 13.3. The van der Waals surface area contributed by atoms with Crippen molar-refractivity contribution in [2.75, 3.05) is 6.61 Å². The van der Waals surface area contributed by atoms with Crippen molar-refractivity contribution in [1.29, 1.82) is 0 Å². The number of nitrogens with zero attached hydrogens (tertiary/aromatic N) is 3. The van der Waals surface area contributed by atoms with E-state index >= 15 is 0 Å². The molecule has 0 spiro atoms. The van der Waals surface area contributed by atoms with Gasteiger partial charge in [0, 0.05) is 6.54 Å². The van der Waals surface area contributed by atoms with Crippen LogP contribution in [0.3, 0.4) is 0 Å². The maximum Gasteiger partial charge on any atom is 0.319 e. The summed E-state index contributed by atoms with van der Waals surface area (Å²) in [7, 11) is 0. The van der Waals surface area contributed by atoms with E-state index in [0.717, 1.165) is 22.4 Å². The number of hydrogen-bond acceptors (Lipinski definition) is 6. The Balaban J connectivity index is 2.19. The van der Waals surface area contributed by atoms with E-state index in [9.17, 15) is 4.79 Å². The van der Waals surface area contributed by atoms with Crippen LogP contribution in [0.2, 0.25) is 0 Å². The largest absolute Gasteiger partial charge is 0.465 e. The molecular formula is C13H17N3O2S2. The lowest BCUT2D eigenvalue weighted by atomic mass is 10.4. The highest BCUT2D eigenvalue weighted by Gasteiger charge is 2.21. The number of aromatic nitrogens is 3.